The number of hydrogen-bond donors (Lipinski definition) is 1. The van der Waals surface area contributed by atoms with Gasteiger partial charge in [0.25, 0.3) is 0 Å². The molecule has 3 aromatic rings. The lowest BCUT2D eigenvalue weighted by Crippen LogP contribution is -3.13. The van der Waals surface area contributed by atoms with Crippen LogP contribution in [-0.2, 0) is 6.54 Å². The monoisotopic (exact) mass is 407 g/mol. The highest BCUT2D eigenvalue weighted by atomic mass is 35.5. The largest absolute Gasteiger partial charge is 0.462 e. The van der Waals surface area contributed by atoms with Crippen molar-refractivity contribution < 1.29 is 13.7 Å². The summed E-state index contributed by atoms with van der Waals surface area (Å²) < 4.78 is 19.6. The highest BCUT2D eigenvalue weighted by Gasteiger charge is 2.23. The van der Waals surface area contributed by atoms with Crippen LogP contribution in [0.4, 0.5) is 10.1 Å². The molecule has 0 amide bonds. The molecule has 1 aliphatic heterocycles. The van der Waals surface area contributed by atoms with Gasteiger partial charge in [0.2, 0.25) is 5.43 Å². The Morgan fingerprint density at radius 3 is 2.63 bits per heavy atom. The van der Waals surface area contributed by atoms with Gasteiger partial charge >= 0.3 is 0 Å². The molecule has 0 bridgehead atoms. The molecular formula is C20H18Cl2FN2O2+. The average Bonchev–Trinajstić information content (AvgIpc) is 2.65. The van der Waals surface area contributed by atoms with Gasteiger partial charge in [-0.05, 0) is 24.3 Å². The minimum atomic E-state index is -0.204. The summed E-state index contributed by atoms with van der Waals surface area (Å²) in [5.74, 6) is -0.204. The summed E-state index contributed by atoms with van der Waals surface area (Å²) in [7, 11) is 0. The maximum absolute atomic E-state index is 14.0. The van der Waals surface area contributed by atoms with Crippen molar-refractivity contribution in [2.45, 2.75) is 6.54 Å². The minimum absolute atomic E-state index is 0.107. The van der Waals surface area contributed by atoms with E-state index in [4.69, 9.17) is 27.6 Å². The average molecular weight is 408 g/mol. The molecule has 1 aliphatic rings. The summed E-state index contributed by atoms with van der Waals surface area (Å²) in [6, 6.07) is 9.95. The first-order chi connectivity index (χ1) is 13.0. The van der Waals surface area contributed by atoms with Gasteiger partial charge in [-0.15, -0.1) is 0 Å². The van der Waals surface area contributed by atoms with Crippen molar-refractivity contribution in [2.75, 3.05) is 31.1 Å². The number of hydrogen-bond acceptors (Lipinski definition) is 3. The lowest BCUT2D eigenvalue weighted by atomic mass is 10.1. The van der Waals surface area contributed by atoms with Crippen LogP contribution in [0.2, 0.25) is 10.0 Å². The molecule has 4 rings (SSSR count). The quantitative estimate of drug-likeness (QED) is 0.724. The van der Waals surface area contributed by atoms with Gasteiger partial charge in [-0.25, -0.2) is 4.39 Å². The number of nitrogens with zero attached hydrogens (tertiary/aromatic N) is 1. The molecule has 0 atom stereocenters. The van der Waals surface area contributed by atoms with Crippen molar-refractivity contribution in [2.24, 2.45) is 0 Å². The summed E-state index contributed by atoms with van der Waals surface area (Å²) in [5, 5.41) is 1.13. The molecule has 1 N–H and O–H groups in total. The van der Waals surface area contributed by atoms with Crippen LogP contribution >= 0.6 is 23.2 Å². The van der Waals surface area contributed by atoms with Crippen molar-refractivity contribution in [3.05, 3.63) is 74.3 Å². The van der Waals surface area contributed by atoms with Gasteiger partial charge in [-0.2, -0.15) is 0 Å². The molecule has 1 fully saturated rings. The van der Waals surface area contributed by atoms with Gasteiger partial charge in [-0.3, -0.25) is 4.79 Å². The van der Waals surface area contributed by atoms with Gasteiger partial charge < -0.3 is 14.2 Å². The van der Waals surface area contributed by atoms with Crippen LogP contribution in [0.3, 0.4) is 0 Å². The summed E-state index contributed by atoms with van der Waals surface area (Å²) >= 11 is 12.1. The second kappa shape index (κ2) is 7.50. The second-order valence-electron chi connectivity index (χ2n) is 6.72. The third-order valence-electron chi connectivity index (χ3n) is 4.97. The first-order valence-corrected chi connectivity index (χ1v) is 9.51. The van der Waals surface area contributed by atoms with E-state index < -0.39 is 0 Å². The van der Waals surface area contributed by atoms with E-state index in [1.807, 2.05) is 11.0 Å². The molecule has 1 saturated heterocycles. The molecule has 2 aromatic carbocycles. The molecule has 2 heterocycles. The number of piperazine rings is 1. The third-order valence-corrected chi connectivity index (χ3v) is 5.47. The van der Waals surface area contributed by atoms with Crippen molar-refractivity contribution in [3.63, 3.8) is 0 Å². The Balaban J connectivity index is 1.50. The van der Waals surface area contributed by atoms with Gasteiger partial charge in [0, 0.05) is 5.02 Å². The zero-order chi connectivity index (χ0) is 19.0. The van der Waals surface area contributed by atoms with Crippen LogP contribution in [0.1, 0.15) is 5.56 Å². The molecule has 0 spiro atoms. The van der Waals surface area contributed by atoms with Crippen molar-refractivity contribution in [3.8, 4) is 0 Å². The second-order valence-corrected chi connectivity index (χ2v) is 7.56. The fourth-order valence-corrected chi connectivity index (χ4v) is 4.08. The molecule has 4 nitrogen and oxygen atoms in total. The Kier molecular flexibility index (Phi) is 5.08. The molecule has 0 unspecified atom stereocenters. The van der Waals surface area contributed by atoms with E-state index in [1.165, 1.54) is 17.2 Å². The Bertz CT molecular complexity index is 1050. The number of quaternary nitrogens is 1. The van der Waals surface area contributed by atoms with Crippen molar-refractivity contribution >= 4 is 39.9 Å². The van der Waals surface area contributed by atoms with Crippen molar-refractivity contribution in [1.82, 2.24) is 0 Å². The van der Waals surface area contributed by atoms with E-state index in [1.54, 1.807) is 24.3 Å². The Morgan fingerprint density at radius 2 is 1.89 bits per heavy atom. The maximum Gasteiger partial charge on any atom is 0.201 e. The molecule has 27 heavy (non-hydrogen) atoms. The van der Waals surface area contributed by atoms with E-state index in [9.17, 15) is 9.18 Å². The van der Waals surface area contributed by atoms with Crippen LogP contribution in [-0.4, -0.2) is 26.2 Å². The summed E-state index contributed by atoms with van der Waals surface area (Å²) in [5.41, 5.74) is 1.47. The number of rotatable bonds is 3. The predicted octanol–water partition coefficient (Wildman–Crippen LogP) is 3.14. The SMILES string of the molecule is O=c1c(C[NH+]2CCN(c3ccccc3F)CC2)coc2c(Cl)cc(Cl)cc12. The first kappa shape index (κ1) is 18.3. The van der Waals surface area contributed by atoms with Crippen LogP contribution in [0.15, 0.2) is 51.9 Å². The van der Waals surface area contributed by atoms with E-state index in [-0.39, 0.29) is 11.2 Å². The Labute approximate surface area is 165 Å². The number of halogens is 3. The standard InChI is InChI=1S/C20H17Cl2FN2O2/c21-14-9-15-19(26)13(12-27-20(15)16(22)10-14)11-24-5-7-25(8-6-24)18-4-2-1-3-17(18)23/h1-4,9-10,12H,5-8,11H2/p+1. The summed E-state index contributed by atoms with van der Waals surface area (Å²) in [6.45, 7) is 3.62. The number of benzene rings is 2. The van der Waals surface area contributed by atoms with Crippen LogP contribution in [0, 0.1) is 5.82 Å². The van der Waals surface area contributed by atoms with Crippen molar-refractivity contribution in [1.29, 1.82) is 0 Å². The van der Waals surface area contributed by atoms with Crippen LogP contribution < -0.4 is 15.2 Å². The van der Waals surface area contributed by atoms with E-state index in [2.05, 4.69) is 0 Å². The highest BCUT2D eigenvalue weighted by molar-refractivity contribution is 6.38. The number of para-hydroxylation sites is 1. The number of anilines is 1. The fourth-order valence-electron chi connectivity index (χ4n) is 3.55. The third kappa shape index (κ3) is 3.68. The molecule has 0 saturated carbocycles. The van der Waals surface area contributed by atoms with Crippen LogP contribution in [0.25, 0.3) is 11.0 Å². The molecule has 0 aliphatic carbocycles. The molecule has 140 valence electrons. The summed E-state index contributed by atoms with van der Waals surface area (Å²) in [4.78, 5) is 16.1. The Hall–Kier alpha value is -2.08. The first-order valence-electron chi connectivity index (χ1n) is 8.75. The maximum atomic E-state index is 14.0. The molecule has 1 aromatic heterocycles. The zero-order valence-corrected chi connectivity index (χ0v) is 16.0. The molecule has 7 heteroatoms. The van der Waals surface area contributed by atoms with Gasteiger partial charge in [0.15, 0.2) is 5.58 Å². The van der Waals surface area contributed by atoms with Gasteiger partial charge in [0.1, 0.15) is 18.6 Å². The van der Waals surface area contributed by atoms with Gasteiger partial charge in [-0.1, -0.05) is 35.3 Å². The smallest absolute Gasteiger partial charge is 0.201 e. The van der Waals surface area contributed by atoms with E-state index in [0.29, 0.717) is 38.8 Å². The normalized spacial score (nSPS) is 15.4. The van der Waals surface area contributed by atoms with E-state index >= 15 is 0 Å². The number of nitrogens with one attached hydrogen (secondary N) is 1. The molecular weight excluding hydrogens is 390 g/mol. The predicted molar refractivity (Wildman–Crippen MR) is 106 cm³/mol. The lowest BCUT2D eigenvalue weighted by molar-refractivity contribution is -0.914. The lowest BCUT2D eigenvalue weighted by Gasteiger charge is -2.33. The zero-order valence-electron chi connectivity index (χ0n) is 14.5. The topological polar surface area (TPSA) is 37.9 Å². The summed E-state index contributed by atoms with van der Waals surface area (Å²) in [6.07, 6.45) is 1.49. The minimum Gasteiger partial charge on any atom is -0.462 e. The van der Waals surface area contributed by atoms with E-state index in [0.717, 1.165) is 26.2 Å². The fraction of sp³-hybridized carbons (Fsp3) is 0.250. The number of fused-ring (bicyclic) bond motifs is 1. The van der Waals surface area contributed by atoms with Gasteiger partial charge in [0.05, 0.1) is 47.8 Å². The highest BCUT2D eigenvalue weighted by Crippen LogP contribution is 2.26. The molecule has 0 radical (unpaired) electrons. The Morgan fingerprint density at radius 1 is 1.15 bits per heavy atom. The van der Waals surface area contributed by atoms with Crippen LogP contribution in [0.5, 0.6) is 0 Å².